The minimum Gasteiger partial charge on any atom is -0.481 e. The van der Waals surface area contributed by atoms with Gasteiger partial charge in [0.15, 0.2) is 0 Å². The molecule has 0 spiro atoms. The van der Waals surface area contributed by atoms with E-state index in [0.29, 0.717) is 19.1 Å². The zero-order chi connectivity index (χ0) is 12.9. The fourth-order valence-electron chi connectivity index (χ4n) is 2.91. The van der Waals surface area contributed by atoms with Gasteiger partial charge in [-0.05, 0) is 25.8 Å². The van der Waals surface area contributed by atoms with E-state index in [9.17, 15) is 9.90 Å². The molecule has 0 aromatic carbocycles. The summed E-state index contributed by atoms with van der Waals surface area (Å²) in [6.07, 6.45) is 3.81. The Hall–Kier alpha value is -0.610. The van der Waals surface area contributed by atoms with E-state index in [1.807, 2.05) is 7.05 Å². The molecule has 2 unspecified atom stereocenters. The van der Waals surface area contributed by atoms with Crippen molar-refractivity contribution in [3.8, 4) is 0 Å². The molecule has 0 amide bonds. The van der Waals surface area contributed by atoms with Crippen LogP contribution in [0, 0.1) is 11.3 Å². The average Bonchev–Trinajstić information content (AvgIpc) is 2.26. The van der Waals surface area contributed by atoms with Crippen LogP contribution >= 0.6 is 0 Å². The van der Waals surface area contributed by atoms with Gasteiger partial charge in [0.1, 0.15) is 0 Å². The van der Waals surface area contributed by atoms with Crippen LogP contribution in [0.15, 0.2) is 0 Å². The molecule has 4 nitrogen and oxygen atoms in total. The highest BCUT2D eigenvalue weighted by Crippen LogP contribution is 2.40. The largest absolute Gasteiger partial charge is 0.481 e. The molecule has 0 heterocycles. The first kappa shape index (κ1) is 14.5. The van der Waals surface area contributed by atoms with Crippen molar-refractivity contribution >= 4 is 5.97 Å². The molecule has 100 valence electrons. The predicted molar refractivity (Wildman–Crippen MR) is 67.1 cm³/mol. The smallest absolute Gasteiger partial charge is 0.310 e. The second-order valence-electron chi connectivity index (χ2n) is 5.52. The van der Waals surface area contributed by atoms with Crippen LogP contribution in [0.4, 0.5) is 0 Å². The number of carboxylic acid groups (broad SMARTS) is 1. The van der Waals surface area contributed by atoms with Gasteiger partial charge in [0.2, 0.25) is 0 Å². The normalized spacial score (nSPS) is 29.5. The number of methoxy groups -OCH3 is 1. The molecular formula is C13H25NO3. The number of likely N-dealkylation sites (N-methyl/N-ethyl adjacent to an activating group) is 1. The van der Waals surface area contributed by atoms with Crippen LogP contribution in [0.3, 0.4) is 0 Å². The van der Waals surface area contributed by atoms with Gasteiger partial charge in [-0.3, -0.25) is 4.79 Å². The van der Waals surface area contributed by atoms with Gasteiger partial charge >= 0.3 is 5.97 Å². The number of ether oxygens (including phenoxy) is 1. The number of hydrogen-bond donors (Lipinski definition) is 1. The van der Waals surface area contributed by atoms with Crippen molar-refractivity contribution in [1.29, 1.82) is 0 Å². The fraction of sp³-hybridized carbons (Fsp3) is 0.923. The van der Waals surface area contributed by atoms with E-state index >= 15 is 0 Å². The number of carbonyl (C=O) groups is 1. The van der Waals surface area contributed by atoms with E-state index in [-0.39, 0.29) is 0 Å². The number of hydrogen-bond acceptors (Lipinski definition) is 3. The molecule has 0 saturated heterocycles. The minimum atomic E-state index is -0.631. The molecule has 1 fully saturated rings. The number of nitrogens with zero attached hydrogens (tertiary/aromatic N) is 1. The zero-order valence-corrected chi connectivity index (χ0v) is 11.2. The van der Waals surface area contributed by atoms with Gasteiger partial charge in [-0.1, -0.05) is 19.8 Å². The van der Waals surface area contributed by atoms with Crippen LogP contribution in [0.1, 0.15) is 32.6 Å². The van der Waals surface area contributed by atoms with E-state index in [0.717, 1.165) is 32.2 Å². The topological polar surface area (TPSA) is 49.8 Å². The highest BCUT2D eigenvalue weighted by molar-refractivity contribution is 5.75. The average molecular weight is 243 g/mol. The monoisotopic (exact) mass is 243 g/mol. The van der Waals surface area contributed by atoms with Crippen LogP contribution in [0.25, 0.3) is 0 Å². The first-order valence-electron chi connectivity index (χ1n) is 6.41. The third-order valence-corrected chi connectivity index (χ3v) is 3.79. The third kappa shape index (κ3) is 3.96. The molecule has 1 rings (SSSR count). The Morgan fingerprint density at radius 1 is 1.59 bits per heavy atom. The van der Waals surface area contributed by atoms with Crippen LogP contribution in [-0.4, -0.2) is 49.8 Å². The van der Waals surface area contributed by atoms with Crippen LogP contribution in [0.2, 0.25) is 0 Å². The summed E-state index contributed by atoms with van der Waals surface area (Å²) in [7, 11) is 3.65. The van der Waals surface area contributed by atoms with Gasteiger partial charge < -0.3 is 14.7 Å². The highest BCUT2D eigenvalue weighted by atomic mass is 16.5. The molecule has 1 N–H and O–H groups in total. The van der Waals surface area contributed by atoms with Gasteiger partial charge in [-0.25, -0.2) is 0 Å². The van der Waals surface area contributed by atoms with Crippen molar-refractivity contribution in [1.82, 2.24) is 4.90 Å². The maximum Gasteiger partial charge on any atom is 0.310 e. The summed E-state index contributed by atoms with van der Waals surface area (Å²) < 4.78 is 5.03. The van der Waals surface area contributed by atoms with E-state index in [1.54, 1.807) is 7.11 Å². The van der Waals surface area contributed by atoms with Gasteiger partial charge in [0.25, 0.3) is 0 Å². The van der Waals surface area contributed by atoms with Crippen molar-refractivity contribution in [3.05, 3.63) is 0 Å². The quantitative estimate of drug-likeness (QED) is 0.773. The number of aliphatic carboxylic acids is 1. The lowest BCUT2D eigenvalue weighted by molar-refractivity contribution is -0.153. The Morgan fingerprint density at radius 3 is 2.82 bits per heavy atom. The molecule has 1 aliphatic rings. The zero-order valence-electron chi connectivity index (χ0n) is 11.2. The summed E-state index contributed by atoms with van der Waals surface area (Å²) in [4.78, 5) is 13.7. The maximum atomic E-state index is 11.6. The summed E-state index contributed by atoms with van der Waals surface area (Å²) in [5.74, 6) is -0.107. The lowest BCUT2D eigenvalue weighted by Crippen LogP contribution is -2.45. The predicted octanol–water partition coefficient (Wildman–Crippen LogP) is 1.85. The molecular weight excluding hydrogens is 218 g/mol. The molecule has 4 heteroatoms. The standard InChI is InChI=1S/C13H25NO3/c1-11-5-4-6-13(9-11,12(15)16)10-14(2)7-8-17-3/h11H,4-10H2,1-3H3,(H,15,16). The molecule has 0 aromatic heterocycles. The first-order chi connectivity index (χ1) is 8.00. The summed E-state index contributed by atoms with van der Waals surface area (Å²) in [6.45, 7) is 4.24. The van der Waals surface area contributed by atoms with Gasteiger partial charge in [0, 0.05) is 20.2 Å². The molecule has 17 heavy (non-hydrogen) atoms. The van der Waals surface area contributed by atoms with Crippen molar-refractivity contribution in [2.24, 2.45) is 11.3 Å². The Morgan fingerprint density at radius 2 is 2.29 bits per heavy atom. The van der Waals surface area contributed by atoms with E-state index in [1.165, 1.54) is 0 Å². The second-order valence-corrected chi connectivity index (χ2v) is 5.52. The second kappa shape index (κ2) is 6.36. The molecule has 1 saturated carbocycles. The van der Waals surface area contributed by atoms with Gasteiger partial charge in [-0.2, -0.15) is 0 Å². The Bertz CT molecular complexity index is 257. The summed E-state index contributed by atoms with van der Waals surface area (Å²) in [5.41, 5.74) is -0.542. The minimum absolute atomic E-state index is 0.524. The Labute approximate surface area is 104 Å². The number of rotatable bonds is 6. The first-order valence-corrected chi connectivity index (χ1v) is 6.41. The van der Waals surface area contributed by atoms with E-state index in [2.05, 4.69) is 11.8 Å². The van der Waals surface area contributed by atoms with Crippen LogP contribution in [0.5, 0.6) is 0 Å². The number of carboxylic acids is 1. The fourth-order valence-corrected chi connectivity index (χ4v) is 2.91. The van der Waals surface area contributed by atoms with E-state index < -0.39 is 11.4 Å². The van der Waals surface area contributed by atoms with Crippen LogP contribution < -0.4 is 0 Å². The Balaban J connectivity index is 2.61. The van der Waals surface area contributed by atoms with E-state index in [4.69, 9.17) is 4.74 Å². The van der Waals surface area contributed by atoms with Crippen molar-refractivity contribution < 1.29 is 14.6 Å². The summed E-state index contributed by atoms with van der Waals surface area (Å²) >= 11 is 0. The molecule has 0 radical (unpaired) electrons. The molecule has 0 bridgehead atoms. The summed E-state index contributed by atoms with van der Waals surface area (Å²) in [6, 6.07) is 0. The van der Waals surface area contributed by atoms with Gasteiger partial charge in [0.05, 0.1) is 12.0 Å². The lowest BCUT2D eigenvalue weighted by atomic mass is 9.70. The van der Waals surface area contributed by atoms with Crippen molar-refractivity contribution in [3.63, 3.8) is 0 Å². The summed E-state index contributed by atoms with van der Waals surface area (Å²) in [5, 5.41) is 9.52. The SMILES string of the molecule is COCCN(C)CC1(C(=O)O)CCCC(C)C1. The maximum absolute atomic E-state index is 11.6. The van der Waals surface area contributed by atoms with Gasteiger partial charge in [-0.15, -0.1) is 0 Å². The highest BCUT2D eigenvalue weighted by Gasteiger charge is 2.42. The third-order valence-electron chi connectivity index (χ3n) is 3.79. The Kier molecular flexibility index (Phi) is 5.40. The van der Waals surface area contributed by atoms with Crippen molar-refractivity contribution in [2.45, 2.75) is 32.6 Å². The molecule has 1 aliphatic carbocycles. The molecule has 2 atom stereocenters. The van der Waals surface area contributed by atoms with Crippen LogP contribution in [-0.2, 0) is 9.53 Å². The lowest BCUT2D eigenvalue weighted by Gasteiger charge is -2.39. The van der Waals surface area contributed by atoms with Crippen molar-refractivity contribution in [2.75, 3.05) is 33.9 Å². The molecule has 0 aliphatic heterocycles. The molecule has 0 aromatic rings.